The number of aliphatic hydroxyl groups is 1. The van der Waals surface area contributed by atoms with Crippen LogP contribution in [0, 0.1) is 6.92 Å². The Morgan fingerprint density at radius 1 is 1.04 bits per heavy atom. The zero-order valence-electron chi connectivity index (χ0n) is 26.3. The van der Waals surface area contributed by atoms with Crippen molar-refractivity contribution in [3.05, 3.63) is 66.5 Å². The van der Waals surface area contributed by atoms with Gasteiger partial charge in [-0.15, -0.1) is 0 Å². The summed E-state index contributed by atoms with van der Waals surface area (Å²) in [6.45, 7) is 6.50. The number of anilines is 2. The molecule has 3 heterocycles. The highest BCUT2D eigenvalue weighted by molar-refractivity contribution is 5.98. The molecule has 14 heteroatoms. The number of rotatable bonds is 8. The van der Waals surface area contributed by atoms with Gasteiger partial charge < -0.3 is 30.1 Å². The first-order valence-corrected chi connectivity index (χ1v) is 15.0. The number of aliphatic hydroxyl groups excluding tert-OH is 1. The summed E-state index contributed by atoms with van der Waals surface area (Å²) >= 11 is 0. The van der Waals surface area contributed by atoms with E-state index in [1.165, 1.54) is 4.90 Å². The van der Waals surface area contributed by atoms with Crippen molar-refractivity contribution < 1.29 is 36.9 Å². The van der Waals surface area contributed by atoms with Gasteiger partial charge in [0, 0.05) is 54.4 Å². The predicted octanol–water partition coefficient (Wildman–Crippen LogP) is 6.89. The van der Waals surface area contributed by atoms with Crippen LogP contribution in [0.1, 0.15) is 32.8 Å². The standard InChI is InChI=1S/C33H36F4N6O4/c1-19-10-11-22-23(7-5-9-25(22)40-16-27(44)33(35,36)37)28(19)46-29-24(8-6-13-38-29)26-12-14-39-30(42-26)41-21-15-20(34)17-43(18-21)31(45)47-32(2,3)4/h5-14,20-21,27,40,44H,15-18H2,1-4H3,(H,39,41,42)/t20-,21-,27?/m1/s1. The Morgan fingerprint density at radius 2 is 1.83 bits per heavy atom. The number of benzene rings is 2. The highest BCUT2D eigenvalue weighted by Gasteiger charge is 2.38. The summed E-state index contributed by atoms with van der Waals surface area (Å²) < 4.78 is 65.1. The van der Waals surface area contributed by atoms with Crippen LogP contribution in [0.2, 0.25) is 0 Å². The smallest absolute Gasteiger partial charge is 0.416 e. The number of hydrogen-bond acceptors (Lipinski definition) is 9. The molecule has 0 bridgehead atoms. The van der Waals surface area contributed by atoms with E-state index in [0.717, 1.165) is 5.56 Å². The SMILES string of the molecule is Cc1ccc2c(NCC(O)C(F)(F)F)cccc2c1Oc1ncccc1-c1ccnc(N[C@@H]2C[C@@H](F)CN(C(=O)OC(C)(C)C)C2)n1. The molecular formula is C33H36F4N6O4. The third-order valence-electron chi connectivity index (χ3n) is 7.36. The second kappa shape index (κ2) is 13.6. The van der Waals surface area contributed by atoms with Crippen molar-refractivity contribution in [2.45, 2.75) is 64.2 Å². The zero-order valence-corrected chi connectivity index (χ0v) is 26.3. The van der Waals surface area contributed by atoms with E-state index in [9.17, 15) is 27.5 Å². The number of piperidine rings is 1. The van der Waals surface area contributed by atoms with Crippen LogP contribution in [-0.2, 0) is 4.74 Å². The number of carbonyl (C=O) groups is 1. The molecule has 0 saturated carbocycles. The lowest BCUT2D eigenvalue weighted by Crippen LogP contribution is -2.51. The Labute approximate surface area is 269 Å². The van der Waals surface area contributed by atoms with E-state index < -0.39 is 42.7 Å². The summed E-state index contributed by atoms with van der Waals surface area (Å²) in [6, 6.07) is 13.3. The maximum atomic E-state index is 14.7. The number of nitrogens with one attached hydrogen (secondary N) is 2. The Bertz CT molecular complexity index is 1730. The molecule has 1 amide bonds. The highest BCUT2D eigenvalue weighted by atomic mass is 19.4. The zero-order chi connectivity index (χ0) is 33.9. The lowest BCUT2D eigenvalue weighted by Gasteiger charge is -2.36. The number of aromatic nitrogens is 3. The van der Waals surface area contributed by atoms with Crippen LogP contribution in [0.3, 0.4) is 0 Å². The third kappa shape index (κ3) is 8.36. The average Bonchev–Trinajstić information content (AvgIpc) is 3.00. The van der Waals surface area contributed by atoms with E-state index in [1.54, 1.807) is 81.7 Å². The van der Waals surface area contributed by atoms with Gasteiger partial charge in [0.05, 0.1) is 17.8 Å². The molecule has 1 aliphatic rings. The lowest BCUT2D eigenvalue weighted by molar-refractivity contribution is -0.198. The maximum absolute atomic E-state index is 14.7. The van der Waals surface area contributed by atoms with Gasteiger partial charge >= 0.3 is 12.3 Å². The van der Waals surface area contributed by atoms with Gasteiger partial charge in [0.1, 0.15) is 17.5 Å². The molecule has 1 saturated heterocycles. The van der Waals surface area contributed by atoms with Crippen LogP contribution < -0.4 is 15.4 Å². The van der Waals surface area contributed by atoms with E-state index in [2.05, 4.69) is 25.6 Å². The van der Waals surface area contributed by atoms with Gasteiger partial charge in [-0.3, -0.25) is 0 Å². The molecule has 1 fully saturated rings. The number of alkyl halides is 4. The fourth-order valence-electron chi connectivity index (χ4n) is 5.19. The molecule has 250 valence electrons. The van der Waals surface area contributed by atoms with Crippen molar-refractivity contribution in [3.8, 4) is 22.9 Å². The number of ether oxygens (including phenoxy) is 2. The minimum atomic E-state index is -4.75. The number of pyridine rings is 1. The number of halogens is 4. The van der Waals surface area contributed by atoms with Crippen molar-refractivity contribution >= 4 is 28.5 Å². The van der Waals surface area contributed by atoms with E-state index in [1.807, 2.05) is 6.92 Å². The summed E-state index contributed by atoms with van der Waals surface area (Å²) in [5, 5.41) is 16.5. The minimum Gasteiger partial charge on any atom is -0.444 e. The number of likely N-dealkylation sites (tertiary alicyclic amines) is 1. The number of aryl methyl sites for hydroxylation is 1. The molecule has 1 unspecified atom stereocenters. The molecule has 3 atom stereocenters. The van der Waals surface area contributed by atoms with Crippen LogP contribution in [-0.4, -0.2) is 80.8 Å². The van der Waals surface area contributed by atoms with Crippen LogP contribution in [0.4, 0.5) is 34.0 Å². The van der Waals surface area contributed by atoms with Gasteiger partial charge in [0.2, 0.25) is 11.8 Å². The van der Waals surface area contributed by atoms with Gasteiger partial charge in [0.15, 0.2) is 6.10 Å². The molecule has 5 rings (SSSR count). The fourth-order valence-corrected chi connectivity index (χ4v) is 5.19. The molecule has 47 heavy (non-hydrogen) atoms. The summed E-state index contributed by atoms with van der Waals surface area (Å²) in [4.78, 5) is 27.3. The van der Waals surface area contributed by atoms with E-state index in [0.29, 0.717) is 33.5 Å². The van der Waals surface area contributed by atoms with E-state index >= 15 is 0 Å². The number of fused-ring (bicyclic) bond motifs is 1. The number of amides is 1. The summed E-state index contributed by atoms with van der Waals surface area (Å²) in [5.41, 5.74) is 1.42. The topological polar surface area (TPSA) is 122 Å². The summed E-state index contributed by atoms with van der Waals surface area (Å²) in [5.74, 6) is 0.878. The second-order valence-electron chi connectivity index (χ2n) is 12.3. The molecule has 3 N–H and O–H groups in total. The summed E-state index contributed by atoms with van der Waals surface area (Å²) in [7, 11) is 0. The number of hydrogen-bond donors (Lipinski definition) is 3. The Kier molecular flexibility index (Phi) is 9.70. The second-order valence-corrected chi connectivity index (χ2v) is 12.3. The first-order valence-electron chi connectivity index (χ1n) is 15.0. The molecule has 10 nitrogen and oxygen atoms in total. The van der Waals surface area contributed by atoms with Crippen molar-refractivity contribution in [2.24, 2.45) is 0 Å². The van der Waals surface area contributed by atoms with Crippen molar-refractivity contribution in [3.63, 3.8) is 0 Å². The van der Waals surface area contributed by atoms with E-state index in [-0.39, 0.29) is 31.3 Å². The van der Waals surface area contributed by atoms with Gasteiger partial charge in [-0.25, -0.2) is 24.1 Å². The van der Waals surface area contributed by atoms with Crippen molar-refractivity contribution in [1.29, 1.82) is 0 Å². The number of nitrogens with zero attached hydrogens (tertiary/aromatic N) is 4. The Morgan fingerprint density at radius 3 is 2.57 bits per heavy atom. The van der Waals surface area contributed by atoms with Gasteiger partial charge in [0.25, 0.3) is 0 Å². The van der Waals surface area contributed by atoms with Crippen LogP contribution in [0.15, 0.2) is 60.9 Å². The average molecular weight is 657 g/mol. The van der Waals surface area contributed by atoms with Crippen molar-refractivity contribution in [1.82, 2.24) is 19.9 Å². The summed E-state index contributed by atoms with van der Waals surface area (Å²) in [6.07, 6.45) is -5.88. The Hall–Kier alpha value is -4.72. The first kappa shape index (κ1) is 33.6. The monoisotopic (exact) mass is 656 g/mol. The highest BCUT2D eigenvalue weighted by Crippen LogP contribution is 2.39. The van der Waals surface area contributed by atoms with E-state index in [4.69, 9.17) is 9.47 Å². The largest absolute Gasteiger partial charge is 0.444 e. The molecule has 4 aromatic rings. The predicted molar refractivity (Wildman–Crippen MR) is 169 cm³/mol. The molecule has 2 aromatic carbocycles. The molecule has 0 radical (unpaired) electrons. The molecule has 2 aromatic heterocycles. The molecular weight excluding hydrogens is 620 g/mol. The van der Waals surface area contributed by atoms with Crippen LogP contribution in [0.5, 0.6) is 11.6 Å². The van der Waals surface area contributed by atoms with Gasteiger partial charge in [-0.05, 0) is 57.5 Å². The molecule has 1 aliphatic heterocycles. The lowest BCUT2D eigenvalue weighted by atomic mass is 10.0. The molecule has 0 aliphatic carbocycles. The quantitative estimate of drug-likeness (QED) is 0.174. The third-order valence-corrected chi connectivity index (χ3v) is 7.36. The van der Waals surface area contributed by atoms with Gasteiger partial charge in [-0.2, -0.15) is 13.2 Å². The van der Waals surface area contributed by atoms with Crippen molar-refractivity contribution in [2.75, 3.05) is 30.3 Å². The van der Waals surface area contributed by atoms with Crippen LogP contribution in [0.25, 0.3) is 22.0 Å². The maximum Gasteiger partial charge on any atom is 0.416 e. The van der Waals surface area contributed by atoms with Gasteiger partial charge in [-0.1, -0.05) is 24.3 Å². The molecule has 0 spiro atoms. The van der Waals surface area contributed by atoms with Crippen LogP contribution >= 0.6 is 0 Å². The minimum absolute atomic E-state index is 0.0645. The number of carbonyl (C=O) groups excluding carboxylic acids is 1. The Balaban J connectivity index is 1.38. The first-order chi connectivity index (χ1) is 22.2. The fraction of sp³-hybridized carbons (Fsp3) is 0.394. The normalized spacial score (nSPS) is 17.7.